The van der Waals surface area contributed by atoms with Crippen LogP contribution in [0, 0.1) is 29.4 Å². The molecule has 1 aromatic rings. The van der Waals surface area contributed by atoms with Gasteiger partial charge in [-0.15, -0.1) is 6.42 Å². The molecule has 0 saturated carbocycles. The minimum atomic E-state index is -3.87. The Hall–Kier alpha value is -1.91. The third-order valence-corrected chi connectivity index (χ3v) is 4.19. The maximum atomic E-state index is 12.1. The number of nitrogens with zero attached hydrogens (tertiary/aromatic N) is 1. The Bertz CT molecular complexity index is 632. The summed E-state index contributed by atoms with van der Waals surface area (Å²) < 4.78 is 26.6. The van der Waals surface area contributed by atoms with Gasteiger partial charge in [-0.25, -0.2) is 8.42 Å². The van der Waals surface area contributed by atoms with Crippen LogP contribution in [0.25, 0.3) is 0 Å². The van der Waals surface area contributed by atoms with Crippen molar-refractivity contribution < 1.29 is 13.3 Å². The van der Waals surface area contributed by atoms with Crippen LogP contribution in [0.15, 0.2) is 23.1 Å². The first kappa shape index (κ1) is 15.1. The number of aryl methyl sites for hydroxylation is 1. The van der Waals surface area contributed by atoms with Crippen molar-refractivity contribution in [3.63, 3.8) is 0 Å². The molecule has 1 unspecified atom stereocenters. The Morgan fingerprint density at radius 3 is 2.63 bits per heavy atom. The second-order valence-corrected chi connectivity index (χ2v) is 5.64. The van der Waals surface area contributed by atoms with Gasteiger partial charge in [-0.3, -0.25) is 10.1 Å². The van der Waals surface area contributed by atoms with E-state index in [0.29, 0.717) is 12.0 Å². The zero-order chi connectivity index (χ0) is 14.6. The molecule has 1 N–H and O–H groups in total. The average molecular weight is 282 g/mol. The van der Waals surface area contributed by atoms with Crippen molar-refractivity contribution in [2.45, 2.75) is 31.2 Å². The van der Waals surface area contributed by atoms with Crippen LogP contribution in [0.3, 0.4) is 0 Å². The van der Waals surface area contributed by atoms with Gasteiger partial charge in [0.2, 0.25) is 10.0 Å². The molecular formula is C12H14N2O4S. The summed E-state index contributed by atoms with van der Waals surface area (Å²) in [5, 5.41) is 10.7. The fourth-order valence-corrected chi connectivity index (χ4v) is 2.98. The predicted molar refractivity (Wildman–Crippen MR) is 71.1 cm³/mol. The number of rotatable bonds is 5. The number of terminal acetylenes is 1. The van der Waals surface area contributed by atoms with Crippen LogP contribution >= 0.6 is 0 Å². The third-order valence-electron chi connectivity index (χ3n) is 2.58. The van der Waals surface area contributed by atoms with Crippen molar-refractivity contribution in [1.82, 2.24) is 4.72 Å². The van der Waals surface area contributed by atoms with Crippen LogP contribution in [0.2, 0.25) is 0 Å². The van der Waals surface area contributed by atoms with Crippen LogP contribution in [0.4, 0.5) is 5.69 Å². The van der Waals surface area contributed by atoms with Crippen molar-refractivity contribution in [2.75, 3.05) is 0 Å². The molecule has 1 rings (SSSR count). The molecule has 0 amide bonds. The van der Waals surface area contributed by atoms with E-state index in [-0.39, 0.29) is 10.6 Å². The molecule has 102 valence electrons. The highest BCUT2D eigenvalue weighted by molar-refractivity contribution is 7.89. The lowest BCUT2D eigenvalue weighted by Crippen LogP contribution is -2.33. The molecule has 7 heteroatoms. The van der Waals surface area contributed by atoms with Gasteiger partial charge in [-0.1, -0.05) is 18.9 Å². The minimum Gasteiger partial charge on any atom is -0.258 e. The highest BCUT2D eigenvalue weighted by Crippen LogP contribution is 2.21. The van der Waals surface area contributed by atoms with Crippen molar-refractivity contribution in [3.05, 3.63) is 33.9 Å². The van der Waals surface area contributed by atoms with Crippen molar-refractivity contribution >= 4 is 15.7 Å². The van der Waals surface area contributed by atoms with E-state index in [1.54, 1.807) is 13.8 Å². The number of hydrogen-bond donors (Lipinski definition) is 1. The SMILES string of the molecule is C#CC(CC)NS(=O)(=O)c1cc([N+](=O)[O-])ccc1C. The second-order valence-electron chi connectivity index (χ2n) is 3.96. The predicted octanol–water partition coefficient (Wildman–Crippen LogP) is 1.59. The summed E-state index contributed by atoms with van der Waals surface area (Å²) in [4.78, 5) is 9.91. The molecule has 0 spiro atoms. The molecule has 0 radical (unpaired) electrons. The lowest BCUT2D eigenvalue weighted by molar-refractivity contribution is -0.385. The minimum absolute atomic E-state index is 0.129. The van der Waals surface area contributed by atoms with Gasteiger partial charge in [0.25, 0.3) is 5.69 Å². The lowest BCUT2D eigenvalue weighted by Gasteiger charge is -2.12. The van der Waals surface area contributed by atoms with E-state index in [9.17, 15) is 18.5 Å². The molecule has 1 aromatic carbocycles. The van der Waals surface area contributed by atoms with E-state index in [2.05, 4.69) is 10.6 Å². The Labute approximate surface area is 112 Å². The normalized spacial score (nSPS) is 12.7. The Kier molecular flexibility index (Phi) is 4.64. The Morgan fingerprint density at radius 1 is 1.53 bits per heavy atom. The standard InChI is InChI=1S/C12H14N2O4S/c1-4-10(5-2)13-19(17,18)12-8-11(14(15)16)7-6-9(12)3/h1,6-8,10,13H,5H2,2-3H3. The molecule has 1 atom stereocenters. The molecule has 0 aliphatic rings. The first-order valence-corrected chi connectivity index (χ1v) is 7.03. The van der Waals surface area contributed by atoms with Gasteiger partial charge in [0.15, 0.2) is 0 Å². The molecule has 19 heavy (non-hydrogen) atoms. The summed E-state index contributed by atoms with van der Waals surface area (Å²) in [5.41, 5.74) is 0.143. The topological polar surface area (TPSA) is 89.3 Å². The molecule has 0 fully saturated rings. The molecule has 0 aliphatic heterocycles. The van der Waals surface area contributed by atoms with Gasteiger partial charge in [0.1, 0.15) is 0 Å². The second kappa shape index (κ2) is 5.82. The Balaban J connectivity index is 3.25. The van der Waals surface area contributed by atoms with Gasteiger partial charge in [0.05, 0.1) is 15.9 Å². The van der Waals surface area contributed by atoms with Crippen LogP contribution in [-0.4, -0.2) is 19.4 Å². The summed E-state index contributed by atoms with van der Waals surface area (Å²) in [6.07, 6.45) is 5.63. The number of sulfonamides is 1. The molecule has 0 aromatic heterocycles. The van der Waals surface area contributed by atoms with Crippen LogP contribution in [-0.2, 0) is 10.0 Å². The Morgan fingerprint density at radius 2 is 2.16 bits per heavy atom. The van der Waals surface area contributed by atoms with Gasteiger partial charge >= 0.3 is 0 Å². The highest BCUT2D eigenvalue weighted by atomic mass is 32.2. The monoisotopic (exact) mass is 282 g/mol. The number of nitrogens with one attached hydrogen (secondary N) is 1. The first-order valence-electron chi connectivity index (χ1n) is 5.55. The van der Waals surface area contributed by atoms with Crippen molar-refractivity contribution in [3.8, 4) is 12.3 Å². The zero-order valence-electron chi connectivity index (χ0n) is 10.6. The van der Waals surface area contributed by atoms with Crippen LogP contribution in [0.5, 0.6) is 0 Å². The number of nitro benzene ring substituents is 1. The van der Waals surface area contributed by atoms with Crippen molar-refractivity contribution in [1.29, 1.82) is 0 Å². The summed E-state index contributed by atoms with van der Waals surface area (Å²) in [7, 11) is -3.87. The number of benzene rings is 1. The highest BCUT2D eigenvalue weighted by Gasteiger charge is 2.22. The number of hydrogen-bond acceptors (Lipinski definition) is 4. The summed E-state index contributed by atoms with van der Waals surface area (Å²) in [6.45, 7) is 3.31. The molecule has 6 nitrogen and oxygen atoms in total. The summed E-state index contributed by atoms with van der Waals surface area (Å²) in [5.74, 6) is 2.31. The van der Waals surface area contributed by atoms with Gasteiger partial charge in [-0.2, -0.15) is 4.72 Å². The van der Waals surface area contributed by atoms with E-state index in [1.165, 1.54) is 12.1 Å². The zero-order valence-corrected chi connectivity index (χ0v) is 11.4. The molecule has 0 heterocycles. The summed E-state index contributed by atoms with van der Waals surface area (Å²) >= 11 is 0. The molecule has 0 bridgehead atoms. The third kappa shape index (κ3) is 3.53. The number of nitro groups is 1. The fourth-order valence-electron chi connectivity index (χ4n) is 1.48. The molecule has 0 saturated heterocycles. The van der Waals surface area contributed by atoms with Gasteiger partial charge in [-0.05, 0) is 18.9 Å². The maximum absolute atomic E-state index is 12.1. The average Bonchev–Trinajstić information content (AvgIpc) is 2.35. The first-order chi connectivity index (χ1) is 8.81. The quantitative estimate of drug-likeness (QED) is 0.504. The van der Waals surface area contributed by atoms with E-state index < -0.39 is 21.0 Å². The lowest BCUT2D eigenvalue weighted by atomic mass is 10.2. The van der Waals surface area contributed by atoms with E-state index >= 15 is 0 Å². The van der Waals surface area contributed by atoms with E-state index in [0.717, 1.165) is 6.07 Å². The summed E-state index contributed by atoms with van der Waals surface area (Å²) in [6, 6.07) is 3.04. The maximum Gasteiger partial charge on any atom is 0.270 e. The number of non-ortho nitro benzene ring substituents is 1. The van der Waals surface area contributed by atoms with Gasteiger partial charge in [0, 0.05) is 12.1 Å². The van der Waals surface area contributed by atoms with E-state index in [1.807, 2.05) is 0 Å². The van der Waals surface area contributed by atoms with Gasteiger partial charge < -0.3 is 0 Å². The van der Waals surface area contributed by atoms with E-state index in [4.69, 9.17) is 6.42 Å². The smallest absolute Gasteiger partial charge is 0.258 e. The van der Waals surface area contributed by atoms with Crippen LogP contribution in [0.1, 0.15) is 18.9 Å². The van der Waals surface area contributed by atoms with Crippen molar-refractivity contribution in [2.24, 2.45) is 0 Å². The van der Waals surface area contributed by atoms with Crippen LogP contribution < -0.4 is 4.72 Å². The fraction of sp³-hybridized carbons (Fsp3) is 0.333. The molecular weight excluding hydrogens is 268 g/mol. The molecule has 0 aliphatic carbocycles. The largest absolute Gasteiger partial charge is 0.270 e.